The largest absolute Gasteiger partial charge is 0.493 e. The zero-order chi connectivity index (χ0) is 37.5. The van der Waals surface area contributed by atoms with Gasteiger partial charge < -0.3 is 20.1 Å². The Balaban J connectivity index is 0.00000406. The minimum atomic E-state index is -0.258. The molecule has 4 aromatic carbocycles. The number of carbonyl (C=O) groups is 1. The summed E-state index contributed by atoms with van der Waals surface area (Å²) in [6.45, 7) is 8.09. The molecule has 5 rings (SSSR count). The molecule has 0 aliphatic carbocycles. The summed E-state index contributed by atoms with van der Waals surface area (Å²) in [5, 5.41) is 6.76. The molecule has 0 saturated carbocycles. The van der Waals surface area contributed by atoms with Crippen molar-refractivity contribution in [3.05, 3.63) is 131 Å². The lowest BCUT2D eigenvalue weighted by Gasteiger charge is -2.40. The van der Waals surface area contributed by atoms with Gasteiger partial charge in [-0.25, -0.2) is 4.39 Å². The second kappa shape index (κ2) is 23.4. The fourth-order valence-electron chi connectivity index (χ4n) is 8.12. The third kappa shape index (κ3) is 13.0. The predicted octanol–water partition coefficient (Wildman–Crippen LogP) is 10.0. The molecular formula is C46H62Cl2FN3O3. The van der Waals surface area contributed by atoms with Gasteiger partial charge in [0.05, 0.1) is 14.2 Å². The molecule has 0 saturated heterocycles. The smallest absolute Gasteiger partial charge is 0.220 e. The molecule has 1 aliphatic rings. The highest BCUT2D eigenvalue weighted by Gasteiger charge is 2.35. The van der Waals surface area contributed by atoms with Crippen LogP contribution < -0.4 is 20.1 Å². The van der Waals surface area contributed by atoms with Gasteiger partial charge in [-0.15, -0.1) is 24.8 Å². The standard InChI is InChI=1S/C46H60FN3O3.2ClH/c1-35(2)48-29-12-11-19-42-41-34-44(53-4)43(52-3)33-37(41)26-32-50(42)31-14-28-46(38-15-7-5-8-16-38,39-17-9-6-10-18-39)27-13-30-49-45(51)25-22-36-20-23-40(47)24-21-36;;/h5-10,15-18,20-21,23-24,33-35,42,48H,11-14,19,22,25-32H2,1-4H3,(H,49,51);2*1H. The van der Waals surface area contributed by atoms with Gasteiger partial charge in [0.15, 0.2) is 11.5 Å². The summed E-state index contributed by atoms with van der Waals surface area (Å²) in [5.74, 6) is 1.38. The van der Waals surface area contributed by atoms with E-state index in [1.165, 1.54) is 34.4 Å². The number of aryl methyl sites for hydroxylation is 1. The first-order valence-corrected chi connectivity index (χ1v) is 19.7. The number of benzene rings is 4. The number of nitrogens with zero attached hydrogens (tertiary/aromatic N) is 1. The maximum atomic E-state index is 13.3. The topological polar surface area (TPSA) is 62.8 Å². The molecule has 1 atom stereocenters. The minimum absolute atomic E-state index is 0. The molecule has 0 aromatic heterocycles. The van der Waals surface area contributed by atoms with Gasteiger partial charge >= 0.3 is 0 Å². The number of rotatable bonds is 21. The van der Waals surface area contributed by atoms with E-state index in [4.69, 9.17) is 9.47 Å². The van der Waals surface area contributed by atoms with Crippen molar-refractivity contribution in [3.63, 3.8) is 0 Å². The van der Waals surface area contributed by atoms with E-state index in [0.29, 0.717) is 31.5 Å². The highest BCUT2D eigenvalue weighted by atomic mass is 35.5. The van der Waals surface area contributed by atoms with E-state index >= 15 is 0 Å². The molecule has 0 spiro atoms. The second-order valence-corrected chi connectivity index (χ2v) is 14.8. The van der Waals surface area contributed by atoms with Crippen LogP contribution in [0.15, 0.2) is 97.1 Å². The number of hydrogen-bond donors (Lipinski definition) is 2. The fourth-order valence-corrected chi connectivity index (χ4v) is 8.12. The molecule has 0 bridgehead atoms. The van der Waals surface area contributed by atoms with Crippen LogP contribution in [0.2, 0.25) is 0 Å². The van der Waals surface area contributed by atoms with E-state index in [1.807, 2.05) is 0 Å². The monoisotopic (exact) mass is 793 g/mol. The van der Waals surface area contributed by atoms with Crippen molar-refractivity contribution in [1.29, 1.82) is 0 Å². The van der Waals surface area contributed by atoms with Gasteiger partial charge in [-0.05, 0) is 117 Å². The van der Waals surface area contributed by atoms with E-state index in [-0.39, 0.29) is 42.0 Å². The summed E-state index contributed by atoms with van der Waals surface area (Å²) in [6, 6.07) is 33.5. The van der Waals surface area contributed by atoms with Crippen LogP contribution in [0.1, 0.15) is 99.1 Å². The summed E-state index contributed by atoms with van der Waals surface area (Å²) in [7, 11) is 3.44. The van der Waals surface area contributed by atoms with Gasteiger partial charge in [0.25, 0.3) is 0 Å². The molecule has 1 heterocycles. The first-order valence-electron chi connectivity index (χ1n) is 19.7. The van der Waals surface area contributed by atoms with Crippen molar-refractivity contribution in [2.75, 3.05) is 40.4 Å². The van der Waals surface area contributed by atoms with E-state index in [2.05, 4.69) is 102 Å². The van der Waals surface area contributed by atoms with Crippen LogP contribution in [-0.4, -0.2) is 57.2 Å². The Morgan fingerprint density at radius 3 is 2.05 bits per heavy atom. The number of amides is 1. The molecule has 0 fully saturated rings. The number of methoxy groups -OCH3 is 2. The Labute approximate surface area is 341 Å². The molecule has 55 heavy (non-hydrogen) atoms. The van der Waals surface area contributed by atoms with E-state index < -0.39 is 0 Å². The predicted molar refractivity (Wildman–Crippen MR) is 229 cm³/mol. The number of fused-ring (bicyclic) bond motifs is 1. The molecule has 1 aliphatic heterocycles. The zero-order valence-electron chi connectivity index (χ0n) is 33.2. The summed E-state index contributed by atoms with van der Waals surface area (Å²) in [5.41, 5.74) is 6.16. The molecule has 4 aromatic rings. The molecule has 1 unspecified atom stereocenters. The quantitative estimate of drug-likeness (QED) is 0.0823. The van der Waals surface area contributed by atoms with Crippen LogP contribution in [0.25, 0.3) is 0 Å². The van der Waals surface area contributed by atoms with Crippen LogP contribution in [-0.2, 0) is 23.1 Å². The van der Waals surface area contributed by atoms with Crippen LogP contribution in [0.3, 0.4) is 0 Å². The summed E-state index contributed by atoms with van der Waals surface area (Å²) >= 11 is 0. The van der Waals surface area contributed by atoms with Gasteiger partial charge in [0.1, 0.15) is 5.82 Å². The Hall–Kier alpha value is -3.62. The highest BCUT2D eigenvalue weighted by molar-refractivity contribution is 5.85. The van der Waals surface area contributed by atoms with Crippen LogP contribution >= 0.6 is 24.8 Å². The SMILES string of the molecule is COc1cc2c(cc1OC)C(CCCCNC(C)C)N(CCCC(CCCNC(=O)CCc1ccc(F)cc1)(c1ccccc1)c1ccccc1)CC2.Cl.Cl. The first kappa shape index (κ1) is 45.8. The van der Waals surface area contributed by atoms with Crippen molar-refractivity contribution >= 4 is 30.7 Å². The molecular weight excluding hydrogens is 732 g/mol. The van der Waals surface area contributed by atoms with Crippen molar-refractivity contribution in [3.8, 4) is 11.5 Å². The normalized spacial score (nSPS) is 14.0. The van der Waals surface area contributed by atoms with Gasteiger partial charge in [0.2, 0.25) is 5.91 Å². The molecule has 300 valence electrons. The fraction of sp³-hybridized carbons (Fsp3) is 0.457. The lowest BCUT2D eigenvalue weighted by atomic mass is 9.68. The highest BCUT2D eigenvalue weighted by Crippen LogP contribution is 2.43. The lowest BCUT2D eigenvalue weighted by molar-refractivity contribution is -0.121. The lowest BCUT2D eigenvalue weighted by Crippen LogP contribution is -2.38. The van der Waals surface area contributed by atoms with E-state index in [9.17, 15) is 9.18 Å². The van der Waals surface area contributed by atoms with E-state index in [0.717, 1.165) is 88.1 Å². The number of carbonyl (C=O) groups excluding carboxylic acids is 1. The number of unbranched alkanes of at least 4 members (excludes halogenated alkanes) is 1. The Kier molecular flexibility index (Phi) is 19.5. The zero-order valence-corrected chi connectivity index (χ0v) is 34.8. The van der Waals surface area contributed by atoms with Gasteiger partial charge in [-0.2, -0.15) is 0 Å². The minimum Gasteiger partial charge on any atom is -0.493 e. The number of halogens is 3. The summed E-state index contributed by atoms with van der Waals surface area (Å²) in [4.78, 5) is 15.5. The third-order valence-electron chi connectivity index (χ3n) is 10.9. The van der Waals surface area contributed by atoms with Gasteiger partial charge in [-0.3, -0.25) is 9.69 Å². The summed E-state index contributed by atoms with van der Waals surface area (Å²) in [6.07, 6.45) is 9.21. The Morgan fingerprint density at radius 1 is 0.818 bits per heavy atom. The van der Waals surface area contributed by atoms with Crippen molar-refractivity contribution < 1.29 is 18.7 Å². The van der Waals surface area contributed by atoms with Crippen molar-refractivity contribution in [1.82, 2.24) is 15.5 Å². The van der Waals surface area contributed by atoms with Crippen LogP contribution in [0.4, 0.5) is 4.39 Å². The number of hydrogen-bond acceptors (Lipinski definition) is 5. The van der Waals surface area contributed by atoms with Crippen LogP contribution in [0, 0.1) is 5.82 Å². The molecule has 0 radical (unpaired) electrons. The number of ether oxygens (including phenoxy) is 2. The average molecular weight is 795 g/mol. The third-order valence-corrected chi connectivity index (χ3v) is 10.9. The maximum Gasteiger partial charge on any atom is 0.220 e. The van der Waals surface area contributed by atoms with Crippen LogP contribution in [0.5, 0.6) is 11.5 Å². The Bertz CT molecular complexity index is 1650. The van der Waals surface area contributed by atoms with Crippen molar-refractivity contribution in [2.24, 2.45) is 0 Å². The van der Waals surface area contributed by atoms with Crippen molar-refractivity contribution in [2.45, 2.75) is 95.6 Å². The number of nitrogens with one attached hydrogen (secondary N) is 2. The average Bonchev–Trinajstić information content (AvgIpc) is 3.18. The molecule has 6 nitrogen and oxygen atoms in total. The maximum absolute atomic E-state index is 13.3. The van der Waals surface area contributed by atoms with Gasteiger partial charge in [0, 0.05) is 37.0 Å². The van der Waals surface area contributed by atoms with E-state index in [1.54, 1.807) is 26.4 Å². The van der Waals surface area contributed by atoms with Gasteiger partial charge in [-0.1, -0.05) is 93.1 Å². The summed E-state index contributed by atoms with van der Waals surface area (Å²) < 4.78 is 24.8. The first-order chi connectivity index (χ1) is 25.8. The Morgan fingerprint density at radius 2 is 1.44 bits per heavy atom. The second-order valence-electron chi connectivity index (χ2n) is 14.8. The molecule has 9 heteroatoms. The molecule has 1 amide bonds. The molecule has 2 N–H and O–H groups in total.